The molecule has 1 fully saturated rings. The minimum absolute atomic E-state index is 0.00254. The van der Waals surface area contributed by atoms with Crippen LogP contribution >= 0.6 is 0 Å². The zero-order valence-corrected chi connectivity index (χ0v) is 13.7. The van der Waals surface area contributed by atoms with E-state index in [4.69, 9.17) is 9.47 Å². The lowest BCUT2D eigenvalue weighted by atomic mass is 9.68. The van der Waals surface area contributed by atoms with Gasteiger partial charge < -0.3 is 14.8 Å². The number of benzene rings is 1. The SMILES string of the molecule is CNC1CC2(CCC(C)(C)CC2)Oc2cc(OC)ccc21. The Kier molecular flexibility index (Phi) is 3.64. The van der Waals surface area contributed by atoms with E-state index in [9.17, 15) is 0 Å². The van der Waals surface area contributed by atoms with E-state index in [1.807, 2.05) is 19.2 Å². The highest BCUT2D eigenvalue weighted by molar-refractivity contribution is 5.44. The summed E-state index contributed by atoms with van der Waals surface area (Å²) in [6, 6.07) is 6.57. The summed E-state index contributed by atoms with van der Waals surface area (Å²) in [6.45, 7) is 4.74. The molecule has 1 aliphatic heterocycles. The van der Waals surface area contributed by atoms with Crippen molar-refractivity contribution in [2.24, 2.45) is 5.41 Å². The van der Waals surface area contributed by atoms with Crippen LogP contribution in [0.5, 0.6) is 11.5 Å². The van der Waals surface area contributed by atoms with Crippen molar-refractivity contribution in [3.8, 4) is 11.5 Å². The molecule has 3 heteroatoms. The highest BCUT2D eigenvalue weighted by Crippen LogP contribution is 2.50. The van der Waals surface area contributed by atoms with Gasteiger partial charge in [0.1, 0.15) is 17.1 Å². The van der Waals surface area contributed by atoms with E-state index in [0.29, 0.717) is 11.5 Å². The van der Waals surface area contributed by atoms with E-state index < -0.39 is 0 Å². The maximum atomic E-state index is 6.51. The fraction of sp³-hybridized carbons (Fsp3) is 0.667. The first kappa shape index (κ1) is 14.7. The average Bonchev–Trinajstić information content (AvgIpc) is 2.49. The first-order chi connectivity index (χ1) is 9.97. The number of fused-ring (bicyclic) bond motifs is 1. The quantitative estimate of drug-likeness (QED) is 0.890. The number of rotatable bonds is 2. The highest BCUT2D eigenvalue weighted by Gasteiger charge is 2.45. The number of methoxy groups -OCH3 is 1. The van der Waals surface area contributed by atoms with E-state index in [-0.39, 0.29) is 5.60 Å². The van der Waals surface area contributed by atoms with Crippen LogP contribution in [0.4, 0.5) is 0 Å². The second-order valence-electron chi connectivity index (χ2n) is 7.40. The van der Waals surface area contributed by atoms with Crippen LogP contribution in [-0.4, -0.2) is 19.8 Å². The molecule has 2 aliphatic rings. The number of ether oxygens (including phenoxy) is 2. The molecule has 0 aromatic heterocycles. The van der Waals surface area contributed by atoms with E-state index in [0.717, 1.165) is 30.8 Å². The van der Waals surface area contributed by atoms with Gasteiger partial charge in [0.25, 0.3) is 0 Å². The van der Waals surface area contributed by atoms with Crippen LogP contribution < -0.4 is 14.8 Å². The van der Waals surface area contributed by atoms with Gasteiger partial charge in [0.05, 0.1) is 7.11 Å². The molecule has 1 spiro atoms. The fourth-order valence-electron chi connectivity index (χ4n) is 3.72. The fourth-order valence-corrected chi connectivity index (χ4v) is 3.72. The molecule has 21 heavy (non-hydrogen) atoms. The van der Waals surface area contributed by atoms with Gasteiger partial charge in [0.2, 0.25) is 0 Å². The van der Waals surface area contributed by atoms with Crippen LogP contribution in [-0.2, 0) is 0 Å². The topological polar surface area (TPSA) is 30.5 Å². The second kappa shape index (κ2) is 5.20. The molecular formula is C18H27NO2. The molecule has 1 aromatic rings. The molecule has 3 nitrogen and oxygen atoms in total. The zero-order chi connectivity index (χ0) is 15.1. The summed E-state index contributed by atoms with van der Waals surface area (Å²) >= 11 is 0. The summed E-state index contributed by atoms with van der Waals surface area (Å²) in [5.74, 6) is 1.87. The Balaban J connectivity index is 1.90. The Hall–Kier alpha value is -1.22. The number of nitrogens with one attached hydrogen (secondary N) is 1. The minimum Gasteiger partial charge on any atom is -0.497 e. The molecule has 116 valence electrons. The molecule has 0 saturated heterocycles. The van der Waals surface area contributed by atoms with Gasteiger partial charge in [-0.15, -0.1) is 0 Å². The number of hydrogen-bond donors (Lipinski definition) is 1. The molecule has 0 bridgehead atoms. The smallest absolute Gasteiger partial charge is 0.128 e. The lowest BCUT2D eigenvalue weighted by Crippen LogP contribution is -2.47. The van der Waals surface area contributed by atoms with Gasteiger partial charge in [-0.05, 0) is 44.2 Å². The van der Waals surface area contributed by atoms with Gasteiger partial charge in [-0.1, -0.05) is 19.9 Å². The van der Waals surface area contributed by atoms with E-state index >= 15 is 0 Å². The Morgan fingerprint density at radius 3 is 2.52 bits per heavy atom. The summed E-state index contributed by atoms with van der Waals surface area (Å²) < 4.78 is 11.9. The largest absolute Gasteiger partial charge is 0.497 e. The standard InChI is InChI=1S/C18H27NO2/c1-17(2)7-9-18(10-8-17)12-15(19-3)14-6-5-13(20-4)11-16(14)21-18/h5-6,11,15,19H,7-10,12H2,1-4H3. The van der Waals surface area contributed by atoms with Crippen LogP contribution in [0.15, 0.2) is 18.2 Å². The molecule has 3 rings (SSSR count). The maximum Gasteiger partial charge on any atom is 0.128 e. The summed E-state index contributed by atoms with van der Waals surface area (Å²) in [5.41, 5.74) is 1.72. The summed E-state index contributed by atoms with van der Waals surface area (Å²) in [5, 5.41) is 3.47. The molecule has 0 amide bonds. The normalized spacial score (nSPS) is 26.0. The molecule has 1 atom stereocenters. The molecule has 1 saturated carbocycles. The van der Waals surface area contributed by atoms with E-state index in [2.05, 4.69) is 25.2 Å². The van der Waals surface area contributed by atoms with Gasteiger partial charge in [-0.25, -0.2) is 0 Å². The van der Waals surface area contributed by atoms with Crippen molar-refractivity contribution < 1.29 is 9.47 Å². The van der Waals surface area contributed by atoms with Crippen molar-refractivity contribution >= 4 is 0 Å². The van der Waals surface area contributed by atoms with Crippen molar-refractivity contribution in [2.45, 2.75) is 57.6 Å². The highest BCUT2D eigenvalue weighted by atomic mass is 16.5. The van der Waals surface area contributed by atoms with Crippen molar-refractivity contribution in [3.63, 3.8) is 0 Å². The second-order valence-corrected chi connectivity index (χ2v) is 7.40. The van der Waals surface area contributed by atoms with Gasteiger partial charge in [0, 0.05) is 24.1 Å². The third kappa shape index (κ3) is 2.76. The Labute approximate surface area is 128 Å². The Bertz CT molecular complexity index is 514. The maximum absolute atomic E-state index is 6.51. The summed E-state index contributed by atoms with van der Waals surface area (Å²) in [4.78, 5) is 0. The lowest BCUT2D eigenvalue weighted by Gasteiger charge is -2.48. The zero-order valence-electron chi connectivity index (χ0n) is 13.7. The van der Waals surface area contributed by atoms with E-state index in [1.165, 1.54) is 18.4 Å². The summed E-state index contributed by atoms with van der Waals surface area (Å²) in [6.07, 6.45) is 5.84. The predicted octanol–water partition coefficient (Wildman–Crippen LogP) is 4.08. The molecular weight excluding hydrogens is 262 g/mol. The van der Waals surface area contributed by atoms with Gasteiger partial charge >= 0.3 is 0 Å². The molecule has 1 aromatic carbocycles. The monoisotopic (exact) mass is 289 g/mol. The molecule has 1 unspecified atom stereocenters. The van der Waals surface area contributed by atoms with Crippen molar-refractivity contribution in [1.29, 1.82) is 0 Å². The van der Waals surface area contributed by atoms with Gasteiger partial charge in [0.15, 0.2) is 0 Å². The van der Waals surface area contributed by atoms with Gasteiger partial charge in [-0.3, -0.25) is 0 Å². The van der Waals surface area contributed by atoms with Crippen LogP contribution in [0.25, 0.3) is 0 Å². The number of hydrogen-bond acceptors (Lipinski definition) is 3. The third-order valence-electron chi connectivity index (χ3n) is 5.36. The molecule has 1 N–H and O–H groups in total. The third-order valence-corrected chi connectivity index (χ3v) is 5.36. The Morgan fingerprint density at radius 1 is 1.19 bits per heavy atom. The molecule has 1 heterocycles. The van der Waals surface area contributed by atoms with Crippen LogP contribution in [0.3, 0.4) is 0 Å². The van der Waals surface area contributed by atoms with Crippen molar-refractivity contribution in [1.82, 2.24) is 5.32 Å². The van der Waals surface area contributed by atoms with Gasteiger partial charge in [-0.2, -0.15) is 0 Å². The first-order valence-corrected chi connectivity index (χ1v) is 8.01. The molecule has 1 aliphatic carbocycles. The Morgan fingerprint density at radius 2 is 1.90 bits per heavy atom. The predicted molar refractivity (Wildman–Crippen MR) is 85.0 cm³/mol. The lowest BCUT2D eigenvalue weighted by molar-refractivity contribution is -0.0290. The minimum atomic E-state index is 0.00254. The van der Waals surface area contributed by atoms with E-state index in [1.54, 1.807) is 7.11 Å². The van der Waals surface area contributed by atoms with Crippen molar-refractivity contribution in [2.75, 3.05) is 14.2 Å². The first-order valence-electron chi connectivity index (χ1n) is 8.01. The summed E-state index contributed by atoms with van der Waals surface area (Å²) in [7, 11) is 3.75. The van der Waals surface area contributed by atoms with Crippen molar-refractivity contribution in [3.05, 3.63) is 23.8 Å². The van der Waals surface area contributed by atoms with Crippen LogP contribution in [0.2, 0.25) is 0 Å². The average molecular weight is 289 g/mol. The molecule has 0 radical (unpaired) electrons. The van der Waals surface area contributed by atoms with Crippen LogP contribution in [0.1, 0.15) is 57.6 Å². The van der Waals surface area contributed by atoms with Crippen LogP contribution in [0, 0.1) is 5.41 Å².